The monoisotopic (exact) mass is 471 g/mol. The topological polar surface area (TPSA) is 107 Å². The molecule has 9 heteroatoms. The van der Waals surface area contributed by atoms with E-state index in [2.05, 4.69) is 42.3 Å². The average molecular weight is 472 g/mol. The summed E-state index contributed by atoms with van der Waals surface area (Å²) < 4.78 is 7.34. The van der Waals surface area contributed by atoms with Crippen molar-refractivity contribution in [3.63, 3.8) is 0 Å². The predicted octanol–water partition coefficient (Wildman–Crippen LogP) is 4.26. The molecule has 4 aromatic rings. The SMILES string of the molecule is CCCn1c(CNc2cccc(C(=O)N[C@H](C)c3cccc(OC)c3)c2)nnc1-c1ccncn1. The Morgan fingerprint density at radius 3 is 2.74 bits per heavy atom. The molecule has 0 unspecified atom stereocenters. The van der Waals surface area contributed by atoms with Gasteiger partial charge in [0.05, 0.1) is 19.7 Å². The van der Waals surface area contributed by atoms with Crippen molar-refractivity contribution in [2.24, 2.45) is 0 Å². The Balaban J connectivity index is 1.44. The van der Waals surface area contributed by atoms with Crippen LogP contribution in [0.15, 0.2) is 67.1 Å². The summed E-state index contributed by atoms with van der Waals surface area (Å²) in [6.45, 7) is 5.29. The maximum absolute atomic E-state index is 12.9. The molecule has 2 N–H and O–H groups in total. The van der Waals surface area contributed by atoms with Crippen molar-refractivity contribution in [3.05, 3.63) is 84.1 Å². The summed E-state index contributed by atoms with van der Waals surface area (Å²) in [7, 11) is 1.63. The van der Waals surface area contributed by atoms with Gasteiger partial charge in [-0.15, -0.1) is 10.2 Å². The molecule has 0 aliphatic heterocycles. The summed E-state index contributed by atoms with van der Waals surface area (Å²) in [5.74, 6) is 2.12. The molecular weight excluding hydrogens is 442 g/mol. The fraction of sp³-hybridized carbons (Fsp3) is 0.269. The molecule has 2 aromatic heterocycles. The average Bonchev–Trinajstić information content (AvgIpc) is 3.30. The van der Waals surface area contributed by atoms with E-state index in [-0.39, 0.29) is 11.9 Å². The number of carbonyl (C=O) groups is 1. The van der Waals surface area contributed by atoms with Gasteiger partial charge in [-0.25, -0.2) is 9.97 Å². The second-order valence-corrected chi connectivity index (χ2v) is 8.09. The first-order valence-electron chi connectivity index (χ1n) is 11.6. The number of carbonyl (C=O) groups excluding carboxylic acids is 1. The molecule has 0 aliphatic carbocycles. The molecule has 35 heavy (non-hydrogen) atoms. The molecule has 0 spiro atoms. The number of nitrogens with zero attached hydrogens (tertiary/aromatic N) is 5. The Hall–Kier alpha value is -4.27. The second kappa shape index (κ2) is 11.2. The molecule has 0 aliphatic rings. The van der Waals surface area contributed by atoms with E-state index in [0.717, 1.165) is 41.5 Å². The zero-order chi connectivity index (χ0) is 24.6. The van der Waals surface area contributed by atoms with Crippen molar-refractivity contribution < 1.29 is 9.53 Å². The molecule has 0 saturated carbocycles. The van der Waals surface area contributed by atoms with E-state index in [1.165, 1.54) is 6.33 Å². The van der Waals surface area contributed by atoms with Crippen LogP contribution in [0.3, 0.4) is 0 Å². The van der Waals surface area contributed by atoms with Crippen molar-refractivity contribution in [1.29, 1.82) is 0 Å². The van der Waals surface area contributed by atoms with E-state index in [1.54, 1.807) is 19.4 Å². The quantitative estimate of drug-likeness (QED) is 0.356. The van der Waals surface area contributed by atoms with Crippen LogP contribution in [-0.2, 0) is 13.1 Å². The molecule has 0 bridgehead atoms. The minimum absolute atomic E-state index is 0.149. The Labute approximate surface area is 204 Å². The number of nitrogens with one attached hydrogen (secondary N) is 2. The van der Waals surface area contributed by atoms with Gasteiger partial charge in [-0.2, -0.15) is 0 Å². The molecule has 9 nitrogen and oxygen atoms in total. The van der Waals surface area contributed by atoms with Crippen LogP contribution in [0.5, 0.6) is 5.75 Å². The number of rotatable bonds is 10. The smallest absolute Gasteiger partial charge is 0.251 e. The normalized spacial score (nSPS) is 11.6. The van der Waals surface area contributed by atoms with Crippen LogP contribution in [0.1, 0.15) is 48.1 Å². The molecule has 180 valence electrons. The van der Waals surface area contributed by atoms with Crippen LogP contribution in [0.2, 0.25) is 0 Å². The van der Waals surface area contributed by atoms with E-state index in [0.29, 0.717) is 17.9 Å². The highest BCUT2D eigenvalue weighted by molar-refractivity contribution is 5.95. The zero-order valence-corrected chi connectivity index (χ0v) is 20.1. The third-order valence-electron chi connectivity index (χ3n) is 5.60. The minimum atomic E-state index is -0.165. The predicted molar refractivity (Wildman–Crippen MR) is 134 cm³/mol. The Bertz CT molecular complexity index is 1270. The molecular formula is C26H29N7O2. The molecule has 1 amide bonds. The van der Waals surface area contributed by atoms with Gasteiger partial charge in [0.1, 0.15) is 17.8 Å². The van der Waals surface area contributed by atoms with Crippen molar-refractivity contribution in [1.82, 2.24) is 30.0 Å². The number of methoxy groups -OCH3 is 1. The van der Waals surface area contributed by atoms with Gasteiger partial charge < -0.3 is 19.9 Å². The van der Waals surface area contributed by atoms with Gasteiger partial charge >= 0.3 is 0 Å². The third kappa shape index (κ3) is 5.81. The lowest BCUT2D eigenvalue weighted by molar-refractivity contribution is 0.0940. The van der Waals surface area contributed by atoms with Crippen molar-refractivity contribution in [3.8, 4) is 17.3 Å². The Morgan fingerprint density at radius 1 is 1.11 bits per heavy atom. The first-order valence-corrected chi connectivity index (χ1v) is 11.6. The second-order valence-electron chi connectivity index (χ2n) is 8.09. The van der Waals surface area contributed by atoms with Crippen LogP contribution < -0.4 is 15.4 Å². The van der Waals surface area contributed by atoms with E-state index in [1.807, 2.05) is 55.5 Å². The number of amides is 1. The third-order valence-corrected chi connectivity index (χ3v) is 5.60. The van der Waals surface area contributed by atoms with Crippen molar-refractivity contribution in [2.45, 2.75) is 39.4 Å². The van der Waals surface area contributed by atoms with Crippen molar-refractivity contribution in [2.75, 3.05) is 12.4 Å². The lowest BCUT2D eigenvalue weighted by Crippen LogP contribution is -2.26. The summed E-state index contributed by atoms with van der Waals surface area (Å²) in [6.07, 6.45) is 4.13. The fourth-order valence-corrected chi connectivity index (χ4v) is 3.76. The van der Waals surface area contributed by atoms with Gasteiger partial charge in [-0.3, -0.25) is 4.79 Å². The first-order chi connectivity index (χ1) is 17.1. The number of benzene rings is 2. The summed E-state index contributed by atoms with van der Waals surface area (Å²) in [5, 5.41) is 15.1. The minimum Gasteiger partial charge on any atom is -0.497 e. The summed E-state index contributed by atoms with van der Waals surface area (Å²) in [4.78, 5) is 21.2. The van der Waals surface area contributed by atoms with Gasteiger partial charge in [-0.1, -0.05) is 25.1 Å². The van der Waals surface area contributed by atoms with Crippen LogP contribution in [0.4, 0.5) is 5.69 Å². The standard InChI is InChI=1S/C26H29N7O2/c1-4-13-33-24(31-32-25(33)23-11-12-27-17-29-23)16-28-21-9-5-8-20(14-21)26(34)30-18(2)19-7-6-10-22(15-19)35-3/h5-12,14-15,17-18,28H,4,13,16H2,1-3H3,(H,30,34)/t18-/m1/s1. The maximum atomic E-state index is 12.9. The molecule has 2 aromatic carbocycles. The zero-order valence-electron chi connectivity index (χ0n) is 20.1. The van der Waals surface area contributed by atoms with Gasteiger partial charge in [-0.05, 0) is 55.3 Å². The van der Waals surface area contributed by atoms with Gasteiger partial charge in [0.25, 0.3) is 5.91 Å². The number of ether oxygens (including phenoxy) is 1. The van der Waals surface area contributed by atoms with Crippen LogP contribution in [-0.4, -0.2) is 37.7 Å². The van der Waals surface area contributed by atoms with Crippen LogP contribution in [0, 0.1) is 0 Å². The highest BCUT2D eigenvalue weighted by Crippen LogP contribution is 2.20. The number of anilines is 1. The number of hydrogen-bond donors (Lipinski definition) is 2. The molecule has 0 radical (unpaired) electrons. The number of hydrogen-bond acceptors (Lipinski definition) is 7. The van der Waals surface area contributed by atoms with Gasteiger partial charge in [0.15, 0.2) is 11.6 Å². The summed E-state index contributed by atoms with van der Waals surface area (Å²) >= 11 is 0. The lowest BCUT2D eigenvalue weighted by Gasteiger charge is -2.16. The lowest BCUT2D eigenvalue weighted by atomic mass is 10.1. The summed E-state index contributed by atoms with van der Waals surface area (Å²) in [5.41, 5.74) is 3.10. The Kier molecular flexibility index (Phi) is 7.67. The molecule has 0 fully saturated rings. The van der Waals surface area contributed by atoms with Crippen LogP contribution >= 0.6 is 0 Å². The Morgan fingerprint density at radius 2 is 1.97 bits per heavy atom. The van der Waals surface area contributed by atoms with E-state index in [4.69, 9.17) is 4.74 Å². The fourth-order valence-electron chi connectivity index (χ4n) is 3.76. The number of aromatic nitrogens is 5. The molecule has 1 atom stereocenters. The highest BCUT2D eigenvalue weighted by atomic mass is 16.5. The maximum Gasteiger partial charge on any atom is 0.251 e. The van der Waals surface area contributed by atoms with Gasteiger partial charge in [0.2, 0.25) is 0 Å². The van der Waals surface area contributed by atoms with Gasteiger partial charge in [0, 0.05) is 24.0 Å². The highest BCUT2D eigenvalue weighted by Gasteiger charge is 2.15. The van der Waals surface area contributed by atoms with E-state index < -0.39 is 0 Å². The largest absolute Gasteiger partial charge is 0.497 e. The molecule has 4 rings (SSSR count). The van der Waals surface area contributed by atoms with E-state index in [9.17, 15) is 4.79 Å². The van der Waals surface area contributed by atoms with Crippen molar-refractivity contribution >= 4 is 11.6 Å². The summed E-state index contributed by atoms with van der Waals surface area (Å²) in [6, 6.07) is 16.7. The van der Waals surface area contributed by atoms with Crippen LogP contribution in [0.25, 0.3) is 11.5 Å². The first kappa shape index (κ1) is 23.9. The molecule has 0 saturated heterocycles. The molecule has 2 heterocycles. The van der Waals surface area contributed by atoms with E-state index >= 15 is 0 Å².